The molecule has 1 aromatic rings. The first-order valence-corrected chi connectivity index (χ1v) is 5.12. The molecule has 76 valence electrons. The molecule has 1 unspecified atom stereocenters. The lowest BCUT2D eigenvalue weighted by Crippen LogP contribution is -2.29. The standard InChI is InChI=1S/C9H13N3OS/c1-6-4-10-9(14)12(6)5-7-2-3-8(13)11-7/h4,7H,2-3,5H2,1H3,(H,10,14)(H,11,13). The minimum atomic E-state index is 0.148. The minimum absolute atomic E-state index is 0.148. The number of aromatic nitrogens is 2. The molecule has 1 aromatic heterocycles. The number of nitrogens with zero attached hydrogens (tertiary/aromatic N) is 1. The number of amides is 1. The number of nitrogens with one attached hydrogen (secondary N) is 2. The molecule has 2 heterocycles. The van der Waals surface area contributed by atoms with Crippen LogP contribution in [-0.4, -0.2) is 21.5 Å². The van der Waals surface area contributed by atoms with Crippen LogP contribution in [0.5, 0.6) is 0 Å². The Morgan fingerprint density at radius 3 is 3.00 bits per heavy atom. The fourth-order valence-corrected chi connectivity index (χ4v) is 2.02. The summed E-state index contributed by atoms with van der Waals surface area (Å²) in [5.41, 5.74) is 1.11. The van der Waals surface area contributed by atoms with Crippen LogP contribution in [0.1, 0.15) is 18.5 Å². The molecule has 5 heteroatoms. The van der Waals surface area contributed by atoms with Crippen molar-refractivity contribution in [3.05, 3.63) is 16.7 Å². The van der Waals surface area contributed by atoms with Crippen LogP contribution in [0, 0.1) is 11.7 Å². The van der Waals surface area contributed by atoms with E-state index in [9.17, 15) is 4.79 Å². The molecule has 1 atom stereocenters. The Labute approximate surface area is 87.3 Å². The van der Waals surface area contributed by atoms with Crippen molar-refractivity contribution in [2.24, 2.45) is 0 Å². The van der Waals surface area contributed by atoms with Gasteiger partial charge in [-0.3, -0.25) is 4.79 Å². The van der Waals surface area contributed by atoms with Gasteiger partial charge in [0.2, 0.25) is 5.91 Å². The molecule has 14 heavy (non-hydrogen) atoms. The lowest BCUT2D eigenvalue weighted by atomic mass is 10.2. The molecule has 0 spiro atoms. The maximum atomic E-state index is 11.0. The Kier molecular flexibility index (Phi) is 2.41. The van der Waals surface area contributed by atoms with Crippen LogP contribution in [-0.2, 0) is 11.3 Å². The first-order chi connectivity index (χ1) is 6.66. The Morgan fingerprint density at radius 1 is 1.71 bits per heavy atom. The highest BCUT2D eigenvalue weighted by atomic mass is 32.1. The molecule has 2 rings (SSSR count). The molecule has 1 fully saturated rings. The number of rotatable bonds is 2. The highest BCUT2D eigenvalue weighted by molar-refractivity contribution is 7.71. The van der Waals surface area contributed by atoms with E-state index in [-0.39, 0.29) is 11.9 Å². The van der Waals surface area contributed by atoms with Crippen LogP contribution in [0.3, 0.4) is 0 Å². The van der Waals surface area contributed by atoms with Crippen LogP contribution < -0.4 is 5.32 Å². The third kappa shape index (κ3) is 1.72. The summed E-state index contributed by atoms with van der Waals surface area (Å²) in [5.74, 6) is 0.148. The number of imidazole rings is 1. The smallest absolute Gasteiger partial charge is 0.220 e. The van der Waals surface area contributed by atoms with Crippen molar-refractivity contribution in [1.82, 2.24) is 14.9 Å². The molecule has 0 saturated carbocycles. The van der Waals surface area contributed by atoms with Crippen molar-refractivity contribution in [2.75, 3.05) is 0 Å². The molecule has 0 aromatic carbocycles. The summed E-state index contributed by atoms with van der Waals surface area (Å²) in [4.78, 5) is 14.0. The van der Waals surface area contributed by atoms with Crippen molar-refractivity contribution in [3.8, 4) is 0 Å². The first-order valence-electron chi connectivity index (χ1n) is 4.71. The molecule has 1 saturated heterocycles. The number of hydrogen-bond acceptors (Lipinski definition) is 2. The van der Waals surface area contributed by atoms with Crippen molar-refractivity contribution in [1.29, 1.82) is 0 Å². The maximum absolute atomic E-state index is 11.0. The van der Waals surface area contributed by atoms with E-state index in [1.165, 1.54) is 0 Å². The van der Waals surface area contributed by atoms with E-state index in [1.54, 1.807) is 0 Å². The minimum Gasteiger partial charge on any atom is -0.352 e. The van der Waals surface area contributed by atoms with Gasteiger partial charge in [0.25, 0.3) is 0 Å². The van der Waals surface area contributed by atoms with Gasteiger partial charge in [0.1, 0.15) is 0 Å². The van der Waals surface area contributed by atoms with Crippen LogP contribution in [0.2, 0.25) is 0 Å². The van der Waals surface area contributed by atoms with Gasteiger partial charge >= 0.3 is 0 Å². The van der Waals surface area contributed by atoms with Gasteiger partial charge in [-0.2, -0.15) is 0 Å². The molecule has 4 nitrogen and oxygen atoms in total. The molecular weight excluding hydrogens is 198 g/mol. The summed E-state index contributed by atoms with van der Waals surface area (Å²) in [6.07, 6.45) is 3.44. The highest BCUT2D eigenvalue weighted by Crippen LogP contribution is 2.10. The Balaban J connectivity index is 2.11. The Hall–Kier alpha value is -1.10. The van der Waals surface area contributed by atoms with Gasteiger partial charge in [-0.05, 0) is 25.6 Å². The van der Waals surface area contributed by atoms with E-state index in [0.717, 1.165) is 23.4 Å². The molecule has 2 N–H and O–H groups in total. The SMILES string of the molecule is Cc1c[nH]c(=S)n1CC1CCC(=O)N1. The predicted octanol–water partition coefficient (Wildman–Crippen LogP) is 1.13. The van der Waals surface area contributed by atoms with Gasteiger partial charge < -0.3 is 14.9 Å². The second-order valence-corrected chi connectivity index (χ2v) is 4.04. The monoisotopic (exact) mass is 211 g/mol. The summed E-state index contributed by atoms with van der Waals surface area (Å²) >= 11 is 5.13. The Bertz CT molecular complexity index is 406. The molecule has 1 aliphatic heterocycles. The number of aromatic amines is 1. The van der Waals surface area contributed by atoms with Gasteiger partial charge in [-0.1, -0.05) is 0 Å². The number of H-pyrrole nitrogens is 1. The lowest BCUT2D eigenvalue weighted by Gasteiger charge is -2.11. The maximum Gasteiger partial charge on any atom is 0.220 e. The summed E-state index contributed by atoms with van der Waals surface area (Å²) in [7, 11) is 0. The van der Waals surface area contributed by atoms with Crippen molar-refractivity contribution in [2.45, 2.75) is 32.4 Å². The van der Waals surface area contributed by atoms with Crippen LogP contribution >= 0.6 is 12.2 Å². The zero-order valence-electron chi connectivity index (χ0n) is 8.04. The van der Waals surface area contributed by atoms with Crippen LogP contribution in [0.15, 0.2) is 6.20 Å². The lowest BCUT2D eigenvalue weighted by molar-refractivity contribution is -0.119. The van der Waals surface area contributed by atoms with E-state index in [0.29, 0.717) is 6.42 Å². The summed E-state index contributed by atoms with van der Waals surface area (Å²) in [5, 5.41) is 2.93. The van der Waals surface area contributed by atoms with Gasteiger partial charge in [0.15, 0.2) is 4.77 Å². The average molecular weight is 211 g/mol. The summed E-state index contributed by atoms with van der Waals surface area (Å²) in [6.45, 7) is 2.78. The zero-order valence-corrected chi connectivity index (χ0v) is 8.86. The van der Waals surface area contributed by atoms with Crippen molar-refractivity contribution >= 4 is 18.1 Å². The summed E-state index contributed by atoms with van der Waals surface area (Å²) in [6, 6.07) is 0.240. The molecule has 1 aliphatic rings. The third-order valence-corrected chi connectivity index (χ3v) is 2.90. The zero-order chi connectivity index (χ0) is 10.1. The topological polar surface area (TPSA) is 49.8 Å². The molecule has 0 bridgehead atoms. The van der Waals surface area contributed by atoms with Crippen molar-refractivity contribution in [3.63, 3.8) is 0 Å². The fraction of sp³-hybridized carbons (Fsp3) is 0.556. The van der Waals surface area contributed by atoms with E-state index in [1.807, 2.05) is 17.7 Å². The number of hydrogen-bond donors (Lipinski definition) is 2. The predicted molar refractivity (Wildman–Crippen MR) is 55.5 cm³/mol. The third-order valence-electron chi connectivity index (χ3n) is 2.56. The van der Waals surface area contributed by atoms with Gasteiger partial charge in [0.05, 0.1) is 0 Å². The van der Waals surface area contributed by atoms with Crippen LogP contribution in [0.25, 0.3) is 0 Å². The Morgan fingerprint density at radius 2 is 2.50 bits per heavy atom. The highest BCUT2D eigenvalue weighted by Gasteiger charge is 2.21. The molecular formula is C9H13N3OS. The normalized spacial score (nSPS) is 21.2. The van der Waals surface area contributed by atoms with E-state index in [2.05, 4.69) is 10.3 Å². The van der Waals surface area contributed by atoms with E-state index in [4.69, 9.17) is 12.2 Å². The largest absolute Gasteiger partial charge is 0.352 e. The van der Waals surface area contributed by atoms with Crippen molar-refractivity contribution < 1.29 is 4.79 Å². The second-order valence-electron chi connectivity index (χ2n) is 3.65. The van der Waals surface area contributed by atoms with Gasteiger partial charge in [-0.25, -0.2) is 0 Å². The quantitative estimate of drug-likeness (QED) is 0.720. The second kappa shape index (κ2) is 3.57. The van der Waals surface area contributed by atoms with Gasteiger partial charge in [-0.15, -0.1) is 0 Å². The first kappa shape index (κ1) is 9.45. The van der Waals surface area contributed by atoms with Crippen LogP contribution in [0.4, 0.5) is 0 Å². The molecule has 0 aliphatic carbocycles. The number of aryl methyl sites for hydroxylation is 1. The van der Waals surface area contributed by atoms with E-state index < -0.39 is 0 Å². The molecule has 1 amide bonds. The number of carbonyl (C=O) groups is 1. The summed E-state index contributed by atoms with van der Waals surface area (Å²) < 4.78 is 2.75. The fourth-order valence-electron chi connectivity index (χ4n) is 1.74. The number of carbonyl (C=O) groups excluding carboxylic acids is 1. The van der Waals surface area contributed by atoms with E-state index >= 15 is 0 Å². The molecule has 0 radical (unpaired) electrons. The van der Waals surface area contributed by atoms with Gasteiger partial charge in [0, 0.05) is 30.9 Å². The average Bonchev–Trinajstić information content (AvgIpc) is 2.67.